The van der Waals surface area contributed by atoms with Crippen molar-refractivity contribution >= 4 is 17.5 Å². The maximum absolute atomic E-state index is 6.31. The quantitative estimate of drug-likeness (QED) is 0.760. The van der Waals surface area contributed by atoms with E-state index >= 15 is 0 Å². The molecule has 1 fully saturated rings. The lowest BCUT2D eigenvalue weighted by Gasteiger charge is -2.22. The van der Waals surface area contributed by atoms with Crippen molar-refractivity contribution in [3.05, 3.63) is 16.4 Å². The number of hydrogen-bond donors (Lipinski definition) is 0. The Labute approximate surface area is 115 Å². The van der Waals surface area contributed by atoms with Crippen LogP contribution in [0.25, 0.3) is 0 Å². The van der Waals surface area contributed by atoms with E-state index in [1.54, 1.807) is 0 Å². The summed E-state index contributed by atoms with van der Waals surface area (Å²) in [6.45, 7) is 8.39. The number of rotatable bonds is 2. The van der Waals surface area contributed by atoms with Gasteiger partial charge in [-0.1, -0.05) is 38.3 Å². The lowest BCUT2D eigenvalue weighted by molar-refractivity contribution is 0.726. The topological polar surface area (TPSA) is 29.0 Å². The molecule has 1 aromatic rings. The maximum Gasteiger partial charge on any atom is 0.226 e. The molecule has 0 saturated carbocycles. The van der Waals surface area contributed by atoms with E-state index < -0.39 is 0 Å². The van der Waals surface area contributed by atoms with Crippen molar-refractivity contribution in [3.8, 4) is 0 Å². The van der Waals surface area contributed by atoms with Crippen LogP contribution in [0.2, 0.25) is 5.15 Å². The molecule has 1 aliphatic heterocycles. The standard InChI is InChI=1S/C14H22ClN3/c1-10(2)12-11(3)16-14(17-13(12)15)18-8-6-4-5-7-9-18/h10H,4-9H2,1-3H3. The number of aryl methyl sites for hydroxylation is 1. The third-order valence-corrected chi connectivity index (χ3v) is 3.83. The van der Waals surface area contributed by atoms with Crippen LogP contribution in [0.4, 0.5) is 5.95 Å². The third-order valence-electron chi connectivity index (χ3n) is 3.54. The monoisotopic (exact) mass is 267 g/mol. The highest BCUT2D eigenvalue weighted by Crippen LogP contribution is 2.27. The van der Waals surface area contributed by atoms with Crippen molar-refractivity contribution in [2.24, 2.45) is 0 Å². The van der Waals surface area contributed by atoms with Gasteiger partial charge in [0.25, 0.3) is 0 Å². The molecule has 100 valence electrons. The minimum Gasteiger partial charge on any atom is -0.341 e. The molecular weight excluding hydrogens is 246 g/mol. The molecule has 0 radical (unpaired) electrons. The summed E-state index contributed by atoms with van der Waals surface area (Å²) < 4.78 is 0. The second kappa shape index (κ2) is 5.87. The summed E-state index contributed by atoms with van der Waals surface area (Å²) in [7, 11) is 0. The van der Waals surface area contributed by atoms with Gasteiger partial charge in [-0.2, -0.15) is 0 Å². The molecule has 0 aliphatic carbocycles. The number of aromatic nitrogens is 2. The Bertz CT molecular complexity index is 386. The zero-order valence-corrected chi connectivity index (χ0v) is 12.3. The molecule has 1 aliphatic rings. The molecule has 1 aromatic heterocycles. The van der Waals surface area contributed by atoms with Crippen LogP contribution < -0.4 is 4.90 Å². The van der Waals surface area contributed by atoms with Gasteiger partial charge in [0.05, 0.1) is 0 Å². The van der Waals surface area contributed by atoms with Gasteiger partial charge in [-0.05, 0) is 25.7 Å². The molecule has 3 nitrogen and oxygen atoms in total. The van der Waals surface area contributed by atoms with Crippen molar-refractivity contribution in [3.63, 3.8) is 0 Å². The molecule has 0 aromatic carbocycles. The largest absolute Gasteiger partial charge is 0.341 e. The Morgan fingerprint density at radius 2 is 1.67 bits per heavy atom. The van der Waals surface area contributed by atoms with Gasteiger partial charge in [0.1, 0.15) is 5.15 Å². The highest BCUT2D eigenvalue weighted by atomic mass is 35.5. The third kappa shape index (κ3) is 2.94. The molecule has 0 N–H and O–H groups in total. The lowest BCUT2D eigenvalue weighted by atomic mass is 10.0. The normalized spacial score (nSPS) is 17.1. The predicted molar refractivity (Wildman–Crippen MR) is 76.5 cm³/mol. The molecule has 2 rings (SSSR count). The predicted octanol–water partition coefficient (Wildman–Crippen LogP) is 3.94. The highest BCUT2D eigenvalue weighted by molar-refractivity contribution is 6.30. The first-order valence-corrected chi connectivity index (χ1v) is 7.26. The van der Waals surface area contributed by atoms with Crippen LogP contribution in [0, 0.1) is 6.92 Å². The zero-order valence-electron chi connectivity index (χ0n) is 11.5. The van der Waals surface area contributed by atoms with Crippen LogP contribution in [0.1, 0.15) is 56.7 Å². The van der Waals surface area contributed by atoms with Gasteiger partial charge in [-0.15, -0.1) is 0 Å². The lowest BCUT2D eigenvalue weighted by Crippen LogP contribution is -2.26. The molecule has 4 heteroatoms. The Morgan fingerprint density at radius 3 is 2.17 bits per heavy atom. The van der Waals surface area contributed by atoms with E-state index in [1.807, 2.05) is 6.92 Å². The van der Waals surface area contributed by atoms with Crippen molar-refractivity contribution in [1.82, 2.24) is 9.97 Å². The fourth-order valence-electron chi connectivity index (χ4n) is 2.60. The maximum atomic E-state index is 6.31. The molecule has 0 spiro atoms. The summed E-state index contributed by atoms with van der Waals surface area (Å²) in [6.07, 6.45) is 5.08. The fraction of sp³-hybridized carbons (Fsp3) is 0.714. The number of hydrogen-bond acceptors (Lipinski definition) is 3. The van der Waals surface area contributed by atoms with E-state index in [9.17, 15) is 0 Å². The molecular formula is C14H22ClN3. The molecule has 0 amide bonds. The summed E-state index contributed by atoms with van der Waals surface area (Å²) in [5.74, 6) is 1.18. The second-order valence-corrected chi connectivity index (χ2v) is 5.73. The Kier molecular flexibility index (Phi) is 4.44. The Hall–Kier alpha value is -0.830. The van der Waals surface area contributed by atoms with Crippen molar-refractivity contribution in [2.45, 2.75) is 52.4 Å². The van der Waals surface area contributed by atoms with E-state index in [2.05, 4.69) is 28.7 Å². The van der Waals surface area contributed by atoms with Crippen LogP contribution in [0.3, 0.4) is 0 Å². The summed E-state index contributed by atoms with van der Waals surface area (Å²) in [5, 5.41) is 0.622. The van der Waals surface area contributed by atoms with Crippen LogP contribution in [0.15, 0.2) is 0 Å². The number of anilines is 1. The van der Waals surface area contributed by atoms with Crippen molar-refractivity contribution in [1.29, 1.82) is 0 Å². The minimum absolute atomic E-state index is 0.371. The molecule has 0 atom stereocenters. The molecule has 0 unspecified atom stereocenters. The van der Waals surface area contributed by atoms with Gasteiger partial charge < -0.3 is 4.90 Å². The van der Waals surface area contributed by atoms with Crippen LogP contribution in [-0.2, 0) is 0 Å². The van der Waals surface area contributed by atoms with E-state index in [4.69, 9.17) is 11.6 Å². The average molecular weight is 268 g/mol. The van der Waals surface area contributed by atoms with Gasteiger partial charge >= 0.3 is 0 Å². The van der Waals surface area contributed by atoms with Gasteiger partial charge in [0, 0.05) is 24.3 Å². The van der Waals surface area contributed by atoms with Crippen LogP contribution in [-0.4, -0.2) is 23.1 Å². The van der Waals surface area contributed by atoms with Crippen molar-refractivity contribution in [2.75, 3.05) is 18.0 Å². The summed E-state index contributed by atoms with van der Waals surface area (Å²) in [5.41, 5.74) is 2.10. The highest BCUT2D eigenvalue weighted by Gasteiger charge is 2.17. The Balaban J connectivity index is 2.29. The van der Waals surface area contributed by atoms with Crippen molar-refractivity contribution < 1.29 is 0 Å². The van der Waals surface area contributed by atoms with E-state index in [0.29, 0.717) is 11.1 Å². The molecule has 1 saturated heterocycles. The van der Waals surface area contributed by atoms with Crippen LogP contribution >= 0.6 is 11.6 Å². The first-order valence-electron chi connectivity index (χ1n) is 6.88. The summed E-state index contributed by atoms with van der Waals surface area (Å²) >= 11 is 6.31. The van der Waals surface area contributed by atoms with Crippen LogP contribution in [0.5, 0.6) is 0 Å². The second-order valence-electron chi connectivity index (χ2n) is 5.37. The van der Waals surface area contributed by atoms with Gasteiger partial charge in [0.2, 0.25) is 5.95 Å². The smallest absolute Gasteiger partial charge is 0.226 e. The first-order chi connectivity index (χ1) is 8.59. The zero-order chi connectivity index (χ0) is 13.1. The van der Waals surface area contributed by atoms with E-state index in [-0.39, 0.29) is 0 Å². The van der Waals surface area contributed by atoms with Gasteiger partial charge in [0.15, 0.2) is 0 Å². The fourth-order valence-corrected chi connectivity index (χ4v) is 3.03. The molecule has 2 heterocycles. The first kappa shape index (κ1) is 13.6. The molecule has 18 heavy (non-hydrogen) atoms. The Morgan fingerprint density at radius 1 is 1.06 bits per heavy atom. The summed E-state index contributed by atoms with van der Waals surface area (Å²) in [4.78, 5) is 11.4. The number of halogens is 1. The van der Waals surface area contributed by atoms with E-state index in [1.165, 1.54) is 25.7 Å². The van der Waals surface area contributed by atoms with Gasteiger partial charge in [-0.3, -0.25) is 0 Å². The number of nitrogens with zero attached hydrogens (tertiary/aromatic N) is 3. The average Bonchev–Trinajstić information content (AvgIpc) is 2.55. The summed E-state index contributed by atoms with van der Waals surface area (Å²) in [6, 6.07) is 0. The molecule has 0 bridgehead atoms. The van der Waals surface area contributed by atoms with E-state index in [0.717, 1.165) is 30.3 Å². The minimum atomic E-state index is 0.371. The SMILES string of the molecule is Cc1nc(N2CCCCCC2)nc(Cl)c1C(C)C. The van der Waals surface area contributed by atoms with Gasteiger partial charge in [-0.25, -0.2) is 9.97 Å².